The Morgan fingerprint density at radius 3 is 2.10 bits per heavy atom. The molecule has 0 spiro atoms. The normalized spacial score (nSPS) is 10.2. The first-order valence-electron chi connectivity index (χ1n) is 6.38. The quantitative estimate of drug-likeness (QED) is 0.908. The third-order valence-electron chi connectivity index (χ3n) is 3.07. The highest BCUT2D eigenvalue weighted by Gasteiger charge is 2.13. The summed E-state index contributed by atoms with van der Waals surface area (Å²) in [5.41, 5.74) is 7.72. The number of hydrogen-bond acceptors (Lipinski definition) is 4. The van der Waals surface area contributed by atoms with Crippen molar-refractivity contribution in [3.05, 3.63) is 47.5 Å². The average molecular weight is 273 g/mol. The Morgan fingerprint density at radius 2 is 1.60 bits per heavy atom. The molecule has 106 valence electrons. The van der Waals surface area contributed by atoms with E-state index in [1.165, 1.54) is 0 Å². The van der Waals surface area contributed by atoms with E-state index in [1.807, 2.05) is 43.3 Å². The molecular weight excluding hydrogens is 254 g/mol. The van der Waals surface area contributed by atoms with E-state index in [1.54, 1.807) is 14.2 Å². The van der Waals surface area contributed by atoms with Gasteiger partial charge in [0, 0.05) is 6.54 Å². The number of nitrogens with two attached hydrogens (primary N) is 1. The van der Waals surface area contributed by atoms with E-state index in [9.17, 15) is 0 Å². The Hall–Kier alpha value is -2.20. The van der Waals surface area contributed by atoms with Crippen LogP contribution in [0.2, 0.25) is 0 Å². The minimum absolute atomic E-state index is 0.513. The van der Waals surface area contributed by atoms with Crippen molar-refractivity contribution in [1.82, 2.24) is 0 Å². The molecule has 0 atom stereocenters. The van der Waals surface area contributed by atoms with Crippen LogP contribution in [0.4, 0.5) is 0 Å². The Kier molecular flexibility index (Phi) is 4.48. The zero-order chi connectivity index (χ0) is 14.5. The monoisotopic (exact) mass is 273 g/mol. The number of benzene rings is 2. The van der Waals surface area contributed by atoms with Gasteiger partial charge in [0.15, 0.2) is 11.5 Å². The van der Waals surface area contributed by atoms with Gasteiger partial charge in [0.1, 0.15) is 5.75 Å². The van der Waals surface area contributed by atoms with E-state index in [2.05, 4.69) is 0 Å². The van der Waals surface area contributed by atoms with Crippen LogP contribution in [0.3, 0.4) is 0 Å². The van der Waals surface area contributed by atoms with Gasteiger partial charge >= 0.3 is 0 Å². The molecule has 0 aliphatic carbocycles. The summed E-state index contributed by atoms with van der Waals surface area (Å²) in [5, 5.41) is 0. The van der Waals surface area contributed by atoms with Crippen molar-refractivity contribution >= 4 is 0 Å². The lowest BCUT2D eigenvalue weighted by Gasteiger charge is -2.15. The van der Waals surface area contributed by atoms with Gasteiger partial charge in [-0.3, -0.25) is 0 Å². The SMILES string of the molecule is COc1cccc(OC)c1Oc1ccc(CN)cc1C. The molecule has 2 aromatic rings. The van der Waals surface area contributed by atoms with Gasteiger partial charge in [-0.15, -0.1) is 0 Å². The summed E-state index contributed by atoms with van der Waals surface area (Å²) in [4.78, 5) is 0. The van der Waals surface area contributed by atoms with Crippen molar-refractivity contribution in [2.45, 2.75) is 13.5 Å². The van der Waals surface area contributed by atoms with Gasteiger partial charge < -0.3 is 19.9 Å². The van der Waals surface area contributed by atoms with Gasteiger partial charge in [-0.25, -0.2) is 0 Å². The summed E-state index contributed by atoms with van der Waals surface area (Å²) < 4.78 is 16.6. The summed E-state index contributed by atoms with van der Waals surface area (Å²) in [6, 6.07) is 11.4. The second-order valence-corrected chi connectivity index (χ2v) is 4.40. The van der Waals surface area contributed by atoms with E-state index < -0.39 is 0 Å². The Morgan fingerprint density at radius 1 is 0.950 bits per heavy atom. The molecule has 4 heteroatoms. The van der Waals surface area contributed by atoms with Crippen molar-refractivity contribution in [2.75, 3.05) is 14.2 Å². The first-order valence-corrected chi connectivity index (χ1v) is 6.38. The Bertz CT molecular complexity index is 574. The molecule has 0 saturated heterocycles. The highest BCUT2D eigenvalue weighted by Crippen LogP contribution is 2.40. The number of hydrogen-bond donors (Lipinski definition) is 1. The lowest BCUT2D eigenvalue weighted by molar-refractivity contribution is 0.345. The number of rotatable bonds is 5. The molecule has 0 unspecified atom stereocenters. The van der Waals surface area contributed by atoms with Gasteiger partial charge in [-0.2, -0.15) is 0 Å². The fraction of sp³-hybridized carbons (Fsp3) is 0.250. The van der Waals surface area contributed by atoms with E-state index in [0.29, 0.717) is 23.8 Å². The van der Waals surface area contributed by atoms with Crippen molar-refractivity contribution in [3.63, 3.8) is 0 Å². The largest absolute Gasteiger partial charge is 0.493 e. The number of ether oxygens (including phenoxy) is 3. The van der Waals surface area contributed by atoms with E-state index >= 15 is 0 Å². The fourth-order valence-electron chi connectivity index (χ4n) is 1.98. The summed E-state index contributed by atoms with van der Waals surface area (Å²) in [7, 11) is 3.21. The van der Waals surface area contributed by atoms with Gasteiger partial charge in [-0.1, -0.05) is 18.2 Å². The Labute approximate surface area is 119 Å². The van der Waals surface area contributed by atoms with E-state index in [4.69, 9.17) is 19.9 Å². The van der Waals surface area contributed by atoms with E-state index in [-0.39, 0.29) is 0 Å². The molecule has 0 heterocycles. The lowest BCUT2D eigenvalue weighted by Crippen LogP contribution is -1.98. The molecule has 20 heavy (non-hydrogen) atoms. The molecular formula is C16H19NO3. The van der Waals surface area contributed by atoms with Crippen molar-refractivity contribution in [1.29, 1.82) is 0 Å². The van der Waals surface area contributed by atoms with Crippen LogP contribution in [0.15, 0.2) is 36.4 Å². The Balaban J connectivity index is 2.39. The highest BCUT2D eigenvalue weighted by atomic mass is 16.5. The van der Waals surface area contributed by atoms with Crippen LogP contribution in [0, 0.1) is 6.92 Å². The van der Waals surface area contributed by atoms with Crippen LogP contribution in [0.5, 0.6) is 23.0 Å². The maximum atomic E-state index is 5.96. The molecule has 0 aliphatic rings. The molecule has 0 aliphatic heterocycles. The van der Waals surface area contributed by atoms with Gasteiger partial charge in [0.05, 0.1) is 14.2 Å². The van der Waals surface area contributed by atoms with Gasteiger partial charge in [0.25, 0.3) is 0 Å². The predicted octanol–water partition coefficient (Wildman–Crippen LogP) is 3.26. The van der Waals surface area contributed by atoms with Crippen LogP contribution in [0.1, 0.15) is 11.1 Å². The topological polar surface area (TPSA) is 53.7 Å². The molecule has 0 amide bonds. The summed E-state index contributed by atoms with van der Waals surface area (Å²) in [6.07, 6.45) is 0. The molecule has 0 saturated carbocycles. The standard InChI is InChI=1S/C16H19NO3/c1-11-9-12(10-17)7-8-13(11)20-16-14(18-2)5-4-6-15(16)19-3/h4-9H,10,17H2,1-3H3. The molecule has 0 aromatic heterocycles. The number of methoxy groups -OCH3 is 2. The first-order chi connectivity index (χ1) is 9.69. The third kappa shape index (κ3) is 2.86. The average Bonchev–Trinajstić information content (AvgIpc) is 2.49. The molecule has 2 N–H and O–H groups in total. The zero-order valence-electron chi connectivity index (χ0n) is 12.0. The maximum absolute atomic E-state index is 5.96. The third-order valence-corrected chi connectivity index (χ3v) is 3.07. The molecule has 2 aromatic carbocycles. The summed E-state index contributed by atoms with van der Waals surface area (Å²) >= 11 is 0. The van der Waals surface area contributed by atoms with Crippen molar-refractivity contribution in [3.8, 4) is 23.0 Å². The lowest BCUT2D eigenvalue weighted by atomic mass is 10.1. The number of para-hydroxylation sites is 1. The van der Waals surface area contributed by atoms with Crippen LogP contribution < -0.4 is 19.9 Å². The predicted molar refractivity (Wildman–Crippen MR) is 78.7 cm³/mol. The minimum Gasteiger partial charge on any atom is -0.493 e. The first kappa shape index (κ1) is 14.2. The summed E-state index contributed by atoms with van der Waals surface area (Å²) in [6.45, 7) is 2.50. The van der Waals surface area contributed by atoms with Crippen LogP contribution in [-0.2, 0) is 6.54 Å². The zero-order valence-corrected chi connectivity index (χ0v) is 12.0. The molecule has 4 nitrogen and oxygen atoms in total. The van der Waals surface area contributed by atoms with Crippen LogP contribution >= 0.6 is 0 Å². The number of aryl methyl sites for hydroxylation is 1. The highest BCUT2D eigenvalue weighted by molar-refractivity contribution is 5.54. The second-order valence-electron chi connectivity index (χ2n) is 4.40. The smallest absolute Gasteiger partial charge is 0.211 e. The second kappa shape index (κ2) is 6.30. The van der Waals surface area contributed by atoms with Crippen molar-refractivity contribution in [2.24, 2.45) is 5.73 Å². The van der Waals surface area contributed by atoms with E-state index in [0.717, 1.165) is 16.9 Å². The van der Waals surface area contributed by atoms with Gasteiger partial charge in [0.2, 0.25) is 5.75 Å². The summed E-state index contributed by atoms with van der Waals surface area (Å²) in [5.74, 6) is 2.59. The molecule has 2 rings (SSSR count). The fourth-order valence-corrected chi connectivity index (χ4v) is 1.98. The maximum Gasteiger partial charge on any atom is 0.211 e. The minimum atomic E-state index is 0.513. The van der Waals surface area contributed by atoms with Gasteiger partial charge in [-0.05, 0) is 36.2 Å². The molecule has 0 bridgehead atoms. The molecule has 0 radical (unpaired) electrons. The van der Waals surface area contributed by atoms with Crippen LogP contribution in [-0.4, -0.2) is 14.2 Å². The van der Waals surface area contributed by atoms with Crippen molar-refractivity contribution < 1.29 is 14.2 Å². The van der Waals surface area contributed by atoms with Crippen LogP contribution in [0.25, 0.3) is 0 Å². The molecule has 0 fully saturated rings.